The van der Waals surface area contributed by atoms with Crippen LogP contribution < -0.4 is 19.5 Å². The number of hydrogen-bond acceptors (Lipinski definition) is 5. The summed E-state index contributed by atoms with van der Waals surface area (Å²) in [5, 5.41) is 3.02. The Kier molecular flexibility index (Phi) is 5.49. The van der Waals surface area contributed by atoms with Crippen molar-refractivity contribution in [3.8, 4) is 28.5 Å². The monoisotopic (exact) mass is 417 g/mol. The molecule has 1 amide bonds. The van der Waals surface area contributed by atoms with Crippen molar-refractivity contribution in [1.82, 2.24) is 9.38 Å². The van der Waals surface area contributed by atoms with Crippen LogP contribution in [-0.2, 0) is 0 Å². The number of nitrogens with zero attached hydrogens (tertiary/aromatic N) is 2. The van der Waals surface area contributed by atoms with E-state index in [0.29, 0.717) is 40.0 Å². The second-order valence-electron chi connectivity index (χ2n) is 7.00. The van der Waals surface area contributed by atoms with Gasteiger partial charge in [-0.1, -0.05) is 18.2 Å². The molecule has 0 saturated carbocycles. The quantitative estimate of drug-likeness (QED) is 0.497. The van der Waals surface area contributed by atoms with Crippen LogP contribution >= 0.6 is 0 Å². The van der Waals surface area contributed by atoms with Gasteiger partial charge in [-0.15, -0.1) is 0 Å². The number of carbonyl (C=O) groups is 1. The topological polar surface area (TPSA) is 74.1 Å². The zero-order chi connectivity index (χ0) is 22.0. The molecule has 7 nitrogen and oxygen atoms in total. The number of carbonyl (C=O) groups excluding carboxylic acids is 1. The van der Waals surface area contributed by atoms with Crippen LogP contribution in [0.5, 0.6) is 17.2 Å². The Morgan fingerprint density at radius 2 is 1.65 bits per heavy atom. The number of aromatic nitrogens is 2. The summed E-state index contributed by atoms with van der Waals surface area (Å²) in [5.74, 6) is 1.97. The van der Waals surface area contributed by atoms with Gasteiger partial charge in [-0.05, 0) is 42.8 Å². The average molecular weight is 417 g/mol. The molecule has 0 aliphatic carbocycles. The summed E-state index contributed by atoms with van der Waals surface area (Å²) >= 11 is 0. The molecule has 2 aromatic carbocycles. The number of amides is 1. The maximum absolute atomic E-state index is 13.2. The summed E-state index contributed by atoms with van der Waals surface area (Å²) in [5.41, 5.74) is 3.56. The summed E-state index contributed by atoms with van der Waals surface area (Å²) < 4.78 is 18.0. The molecule has 31 heavy (non-hydrogen) atoms. The van der Waals surface area contributed by atoms with Crippen molar-refractivity contribution >= 4 is 17.4 Å². The van der Waals surface area contributed by atoms with E-state index in [1.54, 1.807) is 39.5 Å². The highest BCUT2D eigenvalue weighted by Crippen LogP contribution is 2.35. The van der Waals surface area contributed by atoms with E-state index >= 15 is 0 Å². The zero-order valence-corrected chi connectivity index (χ0v) is 17.8. The van der Waals surface area contributed by atoms with Gasteiger partial charge in [-0.3, -0.25) is 9.20 Å². The van der Waals surface area contributed by atoms with Crippen LogP contribution in [0.4, 0.5) is 5.82 Å². The fourth-order valence-electron chi connectivity index (χ4n) is 3.42. The number of benzene rings is 2. The highest BCUT2D eigenvalue weighted by atomic mass is 16.5. The van der Waals surface area contributed by atoms with E-state index in [0.717, 1.165) is 11.1 Å². The maximum atomic E-state index is 13.2. The summed E-state index contributed by atoms with van der Waals surface area (Å²) in [6.45, 7) is 1.99. The first-order valence-corrected chi connectivity index (χ1v) is 9.70. The molecule has 0 saturated heterocycles. The first-order valence-electron chi connectivity index (χ1n) is 9.70. The number of anilines is 1. The molecule has 0 fully saturated rings. The normalized spacial score (nSPS) is 10.7. The molecular formula is C24H23N3O4. The largest absolute Gasteiger partial charge is 0.497 e. The van der Waals surface area contributed by atoms with E-state index in [9.17, 15) is 4.79 Å². The van der Waals surface area contributed by atoms with Crippen molar-refractivity contribution in [2.45, 2.75) is 6.92 Å². The molecule has 0 atom stereocenters. The molecule has 0 spiro atoms. The van der Waals surface area contributed by atoms with Crippen molar-refractivity contribution in [2.24, 2.45) is 0 Å². The lowest BCUT2D eigenvalue weighted by atomic mass is 10.1. The fourth-order valence-corrected chi connectivity index (χ4v) is 3.42. The van der Waals surface area contributed by atoms with E-state index in [2.05, 4.69) is 5.32 Å². The molecule has 7 heteroatoms. The third kappa shape index (κ3) is 3.90. The van der Waals surface area contributed by atoms with Gasteiger partial charge in [0.1, 0.15) is 34.4 Å². The number of imidazole rings is 1. The predicted octanol–water partition coefficient (Wildman–Crippen LogP) is 4.59. The molecule has 1 N–H and O–H groups in total. The molecule has 0 radical (unpaired) electrons. The average Bonchev–Trinajstić information content (AvgIpc) is 3.15. The molecule has 2 aromatic heterocycles. The Morgan fingerprint density at radius 3 is 2.32 bits per heavy atom. The first-order chi connectivity index (χ1) is 15.0. The van der Waals surface area contributed by atoms with E-state index in [-0.39, 0.29) is 5.91 Å². The van der Waals surface area contributed by atoms with Crippen molar-refractivity contribution in [3.05, 3.63) is 71.9 Å². The van der Waals surface area contributed by atoms with E-state index in [4.69, 9.17) is 19.2 Å². The molecule has 4 aromatic rings. The Labute approximate surface area is 180 Å². The van der Waals surface area contributed by atoms with Gasteiger partial charge in [0.2, 0.25) is 0 Å². The Bertz CT molecular complexity index is 1240. The summed E-state index contributed by atoms with van der Waals surface area (Å²) in [6, 6.07) is 16.5. The van der Waals surface area contributed by atoms with Crippen LogP contribution in [0.25, 0.3) is 16.9 Å². The van der Waals surface area contributed by atoms with Crippen LogP contribution in [0, 0.1) is 6.92 Å². The minimum absolute atomic E-state index is 0.309. The number of para-hydroxylation sites is 1. The number of pyridine rings is 1. The minimum Gasteiger partial charge on any atom is -0.497 e. The van der Waals surface area contributed by atoms with Gasteiger partial charge in [0.05, 0.1) is 21.3 Å². The van der Waals surface area contributed by atoms with E-state index < -0.39 is 0 Å². The van der Waals surface area contributed by atoms with Crippen molar-refractivity contribution in [2.75, 3.05) is 26.6 Å². The van der Waals surface area contributed by atoms with Crippen molar-refractivity contribution < 1.29 is 19.0 Å². The van der Waals surface area contributed by atoms with Gasteiger partial charge in [0.25, 0.3) is 5.91 Å². The number of ether oxygens (including phenoxy) is 3. The Hall–Kier alpha value is -4.00. The fraction of sp³-hybridized carbons (Fsp3) is 0.167. The standard InChI is InChI=1S/C24H23N3O4/c1-15-9-10-21-25-22(19-7-5-6-8-20(19)31-4)23(27(21)14-15)26-24(28)16-11-17(29-2)13-18(12-16)30-3/h5-14H,1-4H3,(H,26,28). The van der Waals surface area contributed by atoms with Crippen LogP contribution in [-0.4, -0.2) is 36.6 Å². The number of nitrogens with one attached hydrogen (secondary N) is 1. The molecule has 0 bridgehead atoms. The van der Waals surface area contributed by atoms with Gasteiger partial charge < -0.3 is 19.5 Å². The smallest absolute Gasteiger partial charge is 0.257 e. The van der Waals surface area contributed by atoms with Gasteiger partial charge in [-0.25, -0.2) is 4.98 Å². The van der Waals surface area contributed by atoms with Gasteiger partial charge in [-0.2, -0.15) is 0 Å². The van der Waals surface area contributed by atoms with Crippen LogP contribution in [0.3, 0.4) is 0 Å². The highest BCUT2D eigenvalue weighted by molar-refractivity contribution is 6.06. The van der Waals surface area contributed by atoms with Gasteiger partial charge in [0, 0.05) is 23.4 Å². The van der Waals surface area contributed by atoms with E-state index in [1.165, 1.54) is 0 Å². The number of rotatable bonds is 6. The summed E-state index contributed by atoms with van der Waals surface area (Å²) in [7, 11) is 4.70. The molecule has 0 unspecified atom stereocenters. The molecule has 4 rings (SSSR count). The lowest BCUT2D eigenvalue weighted by Crippen LogP contribution is -2.14. The van der Waals surface area contributed by atoms with Crippen LogP contribution in [0.1, 0.15) is 15.9 Å². The van der Waals surface area contributed by atoms with Gasteiger partial charge >= 0.3 is 0 Å². The summed E-state index contributed by atoms with van der Waals surface area (Å²) in [6.07, 6.45) is 1.93. The number of aryl methyl sites for hydroxylation is 1. The zero-order valence-electron chi connectivity index (χ0n) is 17.8. The Morgan fingerprint density at radius 1 is 0.935 bits per heavy atom. The second-order valence-corrected chi connectivity index (χ2v) is 7.00. The van der Waals surface area contributed by atoms with Gasteiger partial charge in [0.15, 0.2) is 0 Å². The van der Waals surface area contributed by atoms with Crippen LogP contribution in [0.2, 0.25) is 0 Å². The first kappa shape index (κ1) is 20.3. The van der Waals surface area contributed by atoms with E-state index in [1.807, 2.05) is 53.9 Å². The molecule has 2 heterocycles. The maximum Gasteiger partial charge on any atom is 0.257 e. The predicted molar refractivity (Wildman–Crippen MR) is 119 cm³/mol. The number of methoxy groups -OCH3 is 3. The summed E-state index contributed by atoms with van der Waals surface area (Å²) in [4.78, 5) is 18.0. The molecule has 0 aliphatic heterocycles. The molecule has 0 aliphatic rings. The third-order valence-corrected chi connectivity index (χ3v) is 4.97. The number of fused-ring (bicyclic) bond motifs is 1. The molecular weight excluding hydrogens is 394 g/mol. The Balaban J connectivity index is 1.85. The molecule has 158 valence electrons. The second kappa shape index (κ2) is 8.39. The number of hydrogen-bond donors (Lipinski definition) is 1. The third-order valence-electron chi connectivity index (χ3n) is 4.97. The van der Waals surface area contributed by atoms with Crippen molar-refractivity contribution in [3.63, 3.8) is 0 Å². The minimum atomic E-state index is -0.309. The lowest BCUT2D eigenvalue weighted by molar-refractivity contribution is 0.102. The lowest BCUT2D eigenvalue weighted by Gasteiger charge is -2.12. The SMILES string of the molecule is COc1cc(OC)cc(C(=O)Nc2c(-c3ccccc3OC)nc3ccc(C)cn23)c1. The van der Waals surface area contributed by atoms with Crippen LogP contribution in [0.15, 0.2) is 60.8 Å². The van der Waals surface area contributed by atoms with Crippen molar-refractivity contribution in [1.29, 1.82) is 0 Å². The highest BCUT2D eigenvalue weighted by Gasteiger charge is 2.20.